The predicted octanol–water partition coefficient (Wildman–Crippen LogP) is 1.36. The molecule has 0 radical (unpaired) electrons. The molecule has 4 heteroatoms. The number of benzene rings is 1. The summed E-state index contributed by atoms with van der Waals surface area (Å²) in [6.45, 7) is 0. The third kappa shape index (κ3) is 1.96. The molecular weight excluding hydrogens is 158 g/mol. The van der Waals surface area contributed by atoms with Gasteiger partial charge in [0.25, 0.3) is 0 Å². The monoisotopic (exact) mass is 167 g/mol. The fourth-order valence-electron chi connectivity index (χ4n) is 0.799. The van der Waals surface area contributed by atoms with Gasteiger partial charge in [0.1, 0.15) is 0 Å². The van der Waals surface area contributed by atoms with Crippen LogP contribution in [0.25, 0.3) is 0 Å². The summed E-state index contributed by atoms with van der Waals surface area (Å²) in [5.74, 6) is -0.932. The van der Waals surface area contributed by atoms with Crippen molar-refractivity contribution in [2.24, 2.45) is 0 Å². The molecule has 0 aromatic heterocycles. The van der Waals surface area contributed by atoms with Crippen molar-refractivity contribution in [3.05, 3.63) is 29.8 Å². The molecule has 0 fully saturated rings. The van der Waals surface area contributed by atoms with Crippen molar-refractivity contribution in [2.45, 2.75) is 0 Å². The van der Waals surface area contributed by atoms with E-state index in [4.69, 9.17) is 5.11 Å². The first kappa shape index (κ1) is 8.55. The molecule has 4 nitrogen and oxygen atoms in total. The van der Waals surface area contributed by atoms with E-state index in [9.17, 15) is 4.79 Å². The summed E-state index contributed by atoms with van der Waals surface area (Å²) < 4.78 is 0. The molecule has 1 aromatic carbocycles. The highest BCUT2D eigenvalue weighted by atomic mass is 16.6. The van der Waals surface area contributed by atoms with Crippen LogP contribution in [0.5, 0.6) is 0 Å². The van der Waals surface area contributed by atoms with Crippen LogP contribution in [0.15, 0.2) is 24.3 Å². The maximum Gasteiger partial charge on any atom is 0.335 e. The lowest BCUT2D eigenvalue weighted by Gasteiger charge is -2.01. The van der Waals surface area contributed by atoms with Crippen molar-refractivity contribution >= 4 is 11.7 Å². The van der Waals surface area contributed by atoms with Crippen molar-refractivity contribution in [3.63, 3.8) is 0 Å². The average molecular weight is 167 g/mol. The number of nitrogens with one attached hydrogen (secondary N) is 1. The molecule has 0 aliphatic heterocycles. The van der Waals surface area contributed by atoms with Gasteiger partial charge >= 0.3 is 5.97 Å². The lowest BCUT2D eigenvalue weighted by molar-refractivity contribution is 0.0697. The lowest BCUT2D eigenvalue weighted by atomic mass is 10.2. The molecule has 12 heavy (non-hydrogen) atoms. The minimum atomic E-state index is -0.932. The fraction of sp³-hybridized carbons (Fsp3) is 0.125. The van der Waals surface area contributed by atoms with E-state index < -0.39 is 5.97 Å². The molecule has 0 atom stereocenters. The highest BCUT2D eigenvalue weighted by Gasteiger charge is 2.00. The van der Waals surface area contributed by atoms with E-state index in [1.807, 2.05) is 0 Å². The number of carboxylic acids is 1. The van der Waals surface area contributed by atoms with Gasteiger partial charge in [0.2, 0.25) is 0 Å². The first-order valence-electron chi connectivity index (χ1n) is 3.36. The van der Waals surface area contributed by atoms with E-state index in [0.29, 0.717) is 0 Å². The molecule has 0 bridgehead atoms. The van der Waals surface area contributed by atoms with Gasteiger partial charge in [-0.2, -0.15) is 0 Å². The standard InChI is InChI=1S/C8H9NO3/c1-12-9-7-4-2-6(3-5-7)8(10)11/h2-5,9H,1H3,(H,10,11). The maximum atomic E-state index is 10.4. The SMILES string of the molecule is CONc1ccc(C(=O)O)cc1. The summed E-state index contributed by atoms with van der Waals surface area (Å²) in [7, 11) is 1.49. The van der Waals surface area contributed by atoms with Gasteiger partial charge in [0, 0.05) is 0 Å². The second-order valence-electron chi connectivity index (χ2n) is 2.19. The van der Waals surface area contributed by atoms with Crippen molar-refractivity contribution < 1.29 is 14.7 Å². The van der Waals surface area contributed by atoms with Crippen LogP contribution in [-0.4, -0.2) is 18.2 Å². The first-order chi connectivity index (χ1) is 5.74. The van der Waals surface area contributed by atoms with Gasteiger partial charge in [-0.25, -0.2) is 4.79 Å². The van der Waals surface area contributed by atoms with E-state index in [1.54, 1.807) is 12.1 Å². The zero-order valence-corrected chi connectivity index (χ0v) is 6.57. The third-order valence-corrected chi connectivity index (χ3v) is 1.35. The van der Waals surface area contributed by atoms with Crippen LogP contribution in [0, 0.1) is 0 Å². The Kier molecular flexibility index (Phi) is 2.66. The van der Waals surface area contributed by atoms with Gasteiger partial charge in [0.15, 0.2) is 0 Å². The summed E-state index contributed by atoms with van der Waals surface area (Å²) in [6, 6.07) is 6.27. The van der Waals surface area contributed by atoms with Crippen LogP contribution in [0.1, 0.15) is 10.4 Å². The molecule has 0 heterocycles. The zero-order chi connectivity index (χ0) is 8.97. The van der Waals surface area contributed by atoms with Crippen molar-refractivity contribution in [1.82, 2.24) is 0 Å². The Morgan fingerprint density at radius 1 is 1.42 bits per heavy atom. The number of carbonyl (C=O) groups is 1. The van der Waals surface area contributed by atoms with Gasteiger partial charge in [0.05, 0.1) is 18.4 Å². The van der Waals surface area contributed by atoms with Crippen molar-refractivity contribution in [2.75, 3.05) is 12.6 Å². The number of hydrogen-bond donors (Lipinski definition) is 2. The lowest BCUT2D eigenvalue weighted by Crippen LogP contribution is -1.98. The molecule has 2 N–H and O–H groups in total. The quantitative estimate of drug-likeness (QED) is 0.667. The Bertz CT molecular complexity index is 268. The van der Waals surface area contributed by atoms with Gasteiger partial charge in [-0.15, -0.1) is 0 Å². The van der Waals surface area contributed by atoms with Gasteiger partial charge in [-0.1, -0.05) is 0 Å². The maximum absolute atomic E-state index is 10.4. The summed E-state index contributed by atoms with van der Waals surface area (Å²) in [6.07, 6.45) is 0. The first-order valence-corrected chi connectivity index (χ1v) is 3.36. The molecule has 0 aliphatic rings. The van der Waals surface area contributed by atoms with E-state index >= 15 is 0 Å². The summed E-state index contributed by atoms with van der Waals surface area (Å²) >= 11 is 0. The summed E-state index contributed by atoms with van der Waals surface area (Å²) in [5, 5.41) is 8.55. The molecular formula is C8H9NO3. The minimum absolute atomic E-state index is 0.261. The number of rotatable bonds is 3. The Labute approximate surface area is 69.7 Å². The van der Waals surface area contributed by atoms with Gasteiger partial charge in [-0.05, 0) is 24.3 Å². The average Bonchev–Trinajstić information content (AvgIpc) is 2.06. The van der Waals surface area contributed by atoms with E-state index in [2.05, 4.69) is 10.3 Å². The molecule has 0 saturated carbocycles. The molecule has 1 rings (SSSR count). The van der Waals surface area contributed by atoms with Crippen molar-refractivity contribution in [1.29, 1.82) is 0 Å². The predicted molar refractivity (Wildman–Crippen MR) is 44.0 cm³/mol. The van der Waals surface area contributed by atoms with Crippen LogP contribution >= 0.6 is 0 Å². The number of anilines is 1. The van der Waals surface area contributed by atoms with Crippen molar-refractivity contribution in [3.8, 4) is 0 Å². The van der Waals surface area contributed by atoms with E-state index in [-0.39, 0.29) is 5.56 Å². The largest absolute Gasteiger partial charge is 0.478 e. The number of carboxylic acid groups (broad SMARTS) is 1. The molecule has 0 unspecified atom stereocenters. The van der Waals surface area contributed by atoms with Crippen LogP contribution in [0.3, 0.4) is 0 Å². The topological polar surface area (TPSA) is 58.6 Å². The van der Waals surface area contributed by atoms with Crippen LogP contribution < -0.4 is 5.48 Å². The Hall–Kier alpha value is -1.55. The summed E-state index contributed by atoms with van der Waals surface area (Å²) in [5.41, 5.74) is 3.57. The normalized spacial score (nSPS) is 9.42. The smallest absolute Gasteiger partial charge is 0.335 e. The summed E-state index contributed by atoms with van der Waals surface area (Å²) in [4.78, 5) is 15.0. The van der Waals surface area contributed by atoms with Crippen LogP contribution in [0.2, 0.25) is 0 Å². The number of hydrogen-bond acceptors (Lipinski definition) is 3. The third-order valence-electron chi connectivity index (χ3n) is 1.35. The van der Waals surface area contributed by atoms with Gasteiger partial charge < -0.3 is 5.11 Å². The van der Waals surface area contributed by atoms with E-state index in [0.717, 1.165) is 5.69 Å². The second-order valence-corrected chi connectivity index (χ2v) is 2.19. The number of aromatic carboxylic acids is 1. The molecule has 0 spiro atoms. The second kappa shape index (κ2) is 3.73. The van der Waals surface area contributed by atoms with E-state index in [1.165, 1.54) is 19.2 Å². The molecule has 0 amide bonds. The Balaban J connectivity index is 2.78. The Morgan fingerprint density at radius 2 is 2.00 bits per heavy atom. The van der Waals surface area contributed by atoms with Gasteiger partial charge in [-0.3, -0.25) is 10.3 Å². The van der Waals surface area contributed by atoms with Crippen LogP contribution in [0.4, 0.5) is 5.69 Å². The molecule has 64 valence electrons. The fourth-order valence-corrected chi connectivity index (χ4v) is 0.799. The molecule has 1 aromatic rings. The molecule has 0 aliphatic carbocycles. The molecule has 0 saturated heterocycles. The highest BCUT2D eigenvalue weighted by molar-refractivity contribution is 5.87. The zero-order valence-electron chi connectivity index (χ0n) is 6.57. The highest BCUT2D eigenvalue weighted by Crippen LogP contribution is 2.08. The minimum Gasteiger partial charge on any atom is -0.478 e. The van der Waals surface area contributed by atoms with Crippen LogP contribution in [-0.2, 0) is 4.84 Å². The Morgan fingerprint density at radius 3 is 2.42 bits per heavy atom.